The molecule has 0 bridgehead atoms. The van der Waals surface area contributed by atoms with Gasteiger partial charge in [0.15, 0.2) is 11.3 Å². The highest BCUT2D eigenvalue weighted by atomic mass is 16.7. The molecule has 10 heteroatoms. The number of benzene rings is 1. The van der Waals surface area contributed by atoms with Gasteiger partial charge in [-0.3, -0.25) is 4.79 Å². The maximum atomic E-state index is 11.0. The Kier molecular flexibility index (Phi) is 6.06. The molecule has 10 nitrogen and oxygen atoms in total. The number of fused-ring (bicyclic) bond motifs is 1. The van der Waals surface area contributed by atoms with Crippen molar-refractivity contribution in [1.29, 1.82) is 0 Å². The van der Waals surface area contributed by atoms with Crippen LogP contribution >= 0.6 is 0 Å². The molecule has 1 fully saturated rings. The van der Waals surface area contributed by atoms with Crippen molar-refractivity contribution in [2.45, 2.75) is 43.5 Å². The molecule has 1 aliphatic heterocycles. The van der Waals surface area contributed by atoms with Crippen molar-refractivity contribution in [1.82, 2.24) is 0 Å². The van der Waals surface area contributed by atoms with Crippen LogP contribution in [-0.4, -0.2) is 75.9 Å². The zero-order valence-electron chi connectivity index (χ0n) is 15.0. The summed E-state index contributed by atoms with van der Waals surface area (Å²) in [5.41, 5.74) is 0.811. The SMILES string of the molecule is COc1c(O[C@@H]2O[C@H](CO)[C@@H](O)[C@H](O)[C@H]2O)c(CCC(=O)O)cc2ccoc12. The minimum Gasteiger partial charge on any atom is -0.490 e. The molecule has 0 radical (unpaired) electrons. The summed E-state index contributed by atoms with van der Waals surface area (Å²) < 4.78 is 21.9. The van der Waals surface area contributed by atoms with Gasteiger partial charge in [0, 0.05) is 11.8 Å². The summed E-state index contributed by atoms with van der Waals surface area (Å²) in [6.07, 6.45) is -6.01. The molecule has 3 rings (SSSR count). The van der Waals surface area contributed by atoms with Crippen LogP contribution in [0.1, 0.15) is 12.0 Å². The van der Waals surface area contributed by atoms with Crippen molar-refractivity contribution in [2.24, 2.45) is 0 Å². The molecule has 1 saturated heterocycles. The zero-order chi connectivity index (χ0) is 20.4. The first kappa shape index (κ1) is 20.4. The van der Waals surface area contributed by atoms with E-state index < -0.39 is 43.3 Å². The van der Waals surface area contributed by atoms with Gasteiger partial charge in [0.05, 0.1) is 20.0 Å². The normalized spacial score (nSPS) is 27.7. The molecule has 2 heterocycles. The molecule has 154 valence electrons. The number of carboxylic acid groups (broad SMARTS) is 1. The summed E-state index contributed by atoms with van der Waals surface area (Å²) in [7, 11) is 1.37. The molecule has 0 saturated carbocycles. The minimum absolute atomic E-state index is 0.0792. The molecule has 0 aliphatic carbocycles. The van der Waals surface area contributed by atoms with Gasteiger partial charge in [-0.05, 0) is 24.1 Å². The average Bonchev–Trinajstić information content (AvgIpc) is 3.14. The van der Waals surface area contributed by atoms with Crippen LogP contribution in [0.5, 0.6) is 11.5 Å². The molecule has 1 aromatic heterocycles. The lowest BCUT2D eigenvalue weighted by Crippen LogP contribution is -2.60. The van der Waals surface area contributed by atoms with Gasteiger partial charge >= 0.3 is 5.97 Å². The number of aliphatic hydroxyl groups is 4. The maximum Gasteiger partial charge on any atom is 0.303 e. The standard InChI is InChI=1S/C18H22O10/c1-25-17-15-9(4-5-26-15)6-8(2-3-11(20)21)16(17)28-18-14(24)13(23)12(22)10(7-19)27-18/h4-6,10,12-14,18-19,22-24H,2-3,7H2,1H3,(H,20,21)/t10-,12-,13+,14-,18+/m1/s1. The van der Waals surface area contributed by atoms with E-state index in [1.54, 1.807) is 12.1 Å². The average molecular weight is 398 g/mol. The Bertz CT molecular complexity index is 829. The largest absolute Gasteiger partial charge is 0.490 e. The highest BCUT2D eigenvalue weighted by Gasteiger charge is 2.45. The number of ether oxygens (including phenoxy) is 3. The smallest absolute Gasteiger partial charge is 0.303 e. The lowest BCUT2D eigenvalue weighted by molar-refractivity contribution is -0.277. The molecular weight excluding hydrogens is 376 g/mol. The molecule has 1 aromatic carbocycles. The number of carboxylic acids is 1. The second-order valence-corrected chi connectivity index (χ2v) is 6.45. The molecule has 2 aromatic rings. The van der Waals surface area contributed by atoms with Crippen molar-refractivity contribution >= 4 is 16.9 Å². The fraction of sp³-hybridized carbons (Fsp3) is 0.500. The number of aliphatic carboxylic acids is 1. The summed E-state index contributed by atoms with van der Waals surface area (Å²) in [6, 6.07) is 3.35. The minimum atomic E-state index is -1.62. The van der Waals surface area contributed by atoms with E-state index in [1.807, 2.05) is 0 Å². The monoisotopic (exact) mass is 398 g/mol. The van der Waals surface area contributed by atoms with Crippen LogP contribution in [0.3, 0.4) is 0 Å². The molecule has 5 N–H and O–H groups in total. The fourth-order valence-corrected chi connectivity index (χ4v) is 3.14. The summed E-state index contributed by atoms with van der Waals surface area (Å²) in [5, 5.41) is 49.1. The number of furan rings is 1. The van der Waals surface area contributed by atoms with Crippen LogP contribution in [0.2, 0.25) is 0 Å². The van der Waals surface area contributed by atoms with E-state index in [4.69, 9.17) is 23.7 Å². The Morgan fingerprint density at radius 2 is 1.93 bits per heavy atom. The summed E-state index contributed by atoms with van der Waals surface area (Å²) in [6.45, 7) is -0.606. The molecule has 5 atom stereocenters. The summed E-state index contributed by atoms with van der Waals surface area (Å²) in [5.74, 6) is -0.763. The zero-order valence-corrected chi connectivity index (χ0v) is 15.0. The van der Waals surface area contributed by atoms with Crippen molar-refractivity contribution in [3.05, 3.63) is 24.0 Å². The van der Waals surface area contributed by atoms with Gasteiger partial charge in [0.2, 0.25) is 12.0 Å². The highest BCUT2D eigenvalue weighted by molar-refractivity contribution is 5.87. The Morgan fingerprint density at radius 3 is 2.57 bits per heavy atom. The number of hydrogen-bond donors (Lipinski definition) is 5. The van der Waals surface area contributed by atoms with E-state index in [0.29, 0.717) is 16.5 Å². The first-order valence-corrected chi connectivity index (χ1v) is 8.63. The molecule has 0 spiro atoms. The number of hydrogen-bond acceptors (Lipinski definition) is 9. The van der Waals surface area contributed by atoms with Crippen LogP contribution in [0.4, 0.5) is 0 Å². The van der Waals surface area contributed by atoms with Crippen molar-refractivity contribution in [2.75, 3.05) is 13.7 Å². The molecule has 1 aliphatic rings. The lowest BCUT2D eigenvalue weighted by atomic mass is 9.99. The Labute approximate surface area is 159 Å². The van der Waals surface area contributed by atoms with Crippen LogP contribution < -0.4 is 9.47 Å². The van der Waals surface area contributed by atoms with E-state index >= 15 is 0 Å². The van der Waals surface area contributed by atoms with Gasteiger partial charge in [-0.2, -0.15) is 0 Å². The quantitative estimate of drug-likeness (QED) is 0.417. The third-order valence-electron chi connectivity index (χ3n) is 4.62. The van der Waals surface area contributed by atoms with Crippen LogP contribution in [-0.2, 0) is 16.0 Å². The number of aliphatic hydroxyl groups excluding tert-OH is 4. The lowest BCUT2D eigenvalue weighted by Gasteiger charge is -2.39. The second-order valence-electron chi connectivity index (χ2n) is 6.45. The number of rotatable bonds is 7. The van der Waals surface area contributed by atoms with Gasteiger partial charge in [0.1, 0.15) is 24.4 Å². The summed E-state index contributed by atoms with van der Waals surface area (Å²) >= 11 is 0. The van der Waals surface area contributed by atoms with Crippen molar-refractivity contribution in [3.8, 4) is 11.5 Å². The molecule has 28 heavy (non-hydrogen) atoms. The van der Waals surface area contributed by atoms with Crippen molar-refractivity contribution in [3.63, 3.8) is 0 Å². The van der Waals surface area contributed by atoms with E-state index in [2.05, 4.69) is 0 Å². The molecule has 0 unspecified atom stereocenters. The highest BCUT2D eigenvalue weighted by Crippen LogP contribution is 2.41. The van der Waals surface area contributed by atoms with Gasteiger partial charge in [0.25, 0.3) is 0 Å². The predicted octanol–water partition coefficient (Wildman–Crippen LogP) is -0.363. The van der Waals surface area contributed by atoms with E-state index in [0.717, 1.165) is 0 Å². The van der Waals surface area contributed by atoms with Crippen LogP contribution in [0.25, 0.3) is 11.0 Å². The van der Waals surface area contributed by atoms with Crippen LogP contribution in [0, 0.1) is 0 Å². The third kappa shape index (κ3) is 3.77. The van der Waals surface area contributed by atoms with Gasteiger partial charge < -0.3 is 44.2 Å². The Morgan fingerprint density at radius 1 is 1.18 bits per heavy atom. The molecular formula is C18H22O10. The van der Waals surface area contributed by atoms with Gasteiger partial charge in [-0.1, -0.05) is 0 Å². The second kappa shape index (κ2) is 8.33. The summed E-state index contributed by atoms with van der Waals surface area (Å²) in [4.78, 5) is 11.0. The van der Waals surface area contributed by atoms with E-state index in [9.17, 15) is 25.2 Å². The number of carbonyl (C=O) groups is 1. The van der Waals surface area contributed by atoms with Crippen LogP contribution in [0.15, 0.2) is 22.8 Å². The molecule has 0 amide bonds. The fourth-order valence-electron chi connectivity index (χ4n) is 3.14. The maximum absolute atomic E-state index is 11.0. The van der Waals surface area contributed by atoms with Gasteiger partial charge in [-0.15, -0.1) is 0 Å². The van der Waals surface area contributed by atoms with E-state index in [-0.39, 0.29) is 24.3 Å². The first-order chi connectivity index (χ1) is 13.4. The van der Waals surface area contributed by atoms with E-state index in [1.165, 1.54) is 13.4 Å². The van der Waals surface area contributed by atoms with Crippen molar-refractivity contribution < 1.29 is 49.0 Å². The van der Waals surface area contributed by atoms with Gasteiger partial charge in [-0.25, -0.2) is 0 Å². The third-order valence-corrected chi connectivity index (χ3v) is 4.62. The Hall–Kier alpha value is -2.37. The predicted molar refractivity (Wildman–Crippen MR) is 93.1 cm³/mol. The number of methoxy groups -OCH3 is 1. The first-order valence-electron chi connectivity index (χ1n) is 8.63. The number of aryl methyl sites for hydroxylation is 1. The Balaban J connectivity index is 2.00. The topological polar surface area (TPSA) is 159 Å².